The topological polar surface area (TPSA) is 62.7 Å². The van der Waals surface area contributed by atoms with E-state index in [-0.39, 0.29) is 11.4 Å². The summed E-state index contributed by atoms with van der Waals surface area (Å²) < 4.78 is 5.61. The third kappa shape index (κ3) is 2.46. The molecule has 0 saturated carbocycles. The standard InChI is InChI=1S/C15H18ClN3O2/c1-8(20)18-19-13-6-10-11(16)7-12-9(4-5-21-12)14(10)17-15(13,2)3/h7,17H,4-6H2,1-3H3,(H,18,20)/b19-13+. The second-order valence-corrected chi connectivity index (χ2v) is 6.35. The fourth-order valence-corrected chi connectivity index (χ4v) is 3.04. The molecule has 3 rings (SSSR count). The van der Waals surface area contributed by atoms with Gasteiger partial charge >= 0.3 is 0 Å². The van der Waals surface area contributed by atoms with Crippen molar-refractivity contribution in [2.24, 2.45) is 5.10 Å². The molecular formula is C15H18ClN3O2. The molecule has 1 amide bonds. The number of hydrazone groups is 1. The summed E-state index contributed by atoms with van der Waals surface area (Å²) in [5.74, 6) is 0.682. The van der Waals surface area contributed by atoms with Crippen molar-refractivity contribution >= 4 is 28.9 Å². The van der Waals surface area contributed by atoms with Crippen LogP contribution in [-0.4, -0.2) is 23.8 Å². The van der Waals surface area contributed by atoms with Gasteiger partial charge in [-0.25, -0.2) is 5.43 Å². The third-order valence-corrected chi connectivity index (χ3v) is 4.25. The molecule has 5 nitrogen and oxygen atoms in total. The van der Waals surface area contributed by atoms with Gasteiger partial charge in [0, 0.05) is 41.6 Å². The SMILES string of the molecule is CC(=O)N/N=C1\Cc2c(Cl)cc3c(c2NC1(C)C)CCO3. The lowest BCUT2D eigenvalue weighted by atomic mass is 9.85. The van der Waals surface area contributed by atoms with E-state index in [9.17, 15) is 4.79 Å². The second-order valence-electron chi connectivity index (χ2n) is 5.94. The molecule has 1 aromatic rings. The first-order valence-electron chi connectivity index (χ1n) is 6.97. The van der Waals surface area contributed by atoms with Crippen molar-refractivity contribution in [3.63, 3.8) is 0 Å². The smallest absolute Gasteiger partial charge is 0.236 e. The third-order valence-electron chi connectivity index (χ3n) is 3.91. The van der Waals surface area contributed by atoms with Gasteiger partial charge in [-0.1, -0.05) is 11.6 Å². The molecule has 2 aliphatic rings. The first kappa shape index (κ1) is 14.2. The molecule has 0 unspecified atom stereocenters. The Balaban J connectivity index is 2.06. The van der Waals surface area contributed by atoms with Gasteiger partial charge in [-0.2, -0.15) is 5.10 Å². The summed E-state index contributed by atoms with van der Waals surface area (Å²) in [5.41, 5.74) is 6.27. The molecule has 0 spiro atoms. The van der Waals surface area contributed by atoms with Gasteiger partial charge in [0.1, 0.15) is 5.75 Å². The van der Waals surface area contributed by atoms with Crippen molar-refractivity contribution < 1.29 is 9.53 Å². The Bertz CT molecular complexity index is 653. The zero-order chi connectivity index (χ0) is 15.2. The van der Waals surface area contributed by atoms with Gasteiger partial charge in [-0.15, -0.1) is 0 Å². The Morgan fingerprint density at radius 3 is 2.95 bits per heavy atom. The summed E-state index contributed by atoms with van der Waals surface area (Å²) in [7, 11) is 0. The minimum absolute atomic E-state index is 0.183. The van der Waals surface area contributed by atoms with E-state index < -0.39 is 0 Å². The van der Waals surface area contributed by atoms with Crippen LogP contribution in [-0.2, 0) is 17.6 Å². The van der Waals surface area contributed by atoms with Crippen molar-refractivity contribution in [3.05, 3.63) is 22.2 Å². The average molecular weight is 308 g/mol. The molecule has 0 radical (unpaired) electrons. The first-order valence-corrected chi connectivity index (χ1v) is 7.35. The highest BCUT2D eigenvalue weighted by atomic mass is 35.5. The van der Waals surface area contributed by atoms with Crippen LogP contribution in [0.5, 0.6) is 5.75 Å². The number of hydrogen-bond donors (Lipinski definition) is 2. The van der Waals surface area contributed by atoms with Gasteiger partial charge in [0.05, 0.1) is 17.9 Å². The first-order chi connectivity index (χ1) is 9.88. The number of amides is 1. The molecule has 0 atom stereocenters. The Kier molecular flexibility index (Phi) is 3.32. The number of hydrogen-bond acceptors (Lipinski definition) is 4. The van der Waals surface area contributed by atoms with Gasteiger partial charge in [-0.05, 0) is 19.9 Å². The fourth-order valence-electron chi connectivity index (χ4n) is 2.78. The highest BCUT2D eigenvalue weighted by molar-refractivity contribution is 6.32. The molecule has 2 aliphatic heterocycles. The number of nitrogens with zero attached hydrogens (tertiary/aromatic N) is 1. The lowest BCUT2D eigenvalue weighted by molar-refractivity contribution is -0.118. The summed E-state index contributed by atoms with van der Waals surface area (Å²) in [6, 6.07) is 1.87. The Morgan fingerprint density at radius 1 is 1.48 bits per heavy atom. The maximum Gasteiger partial charge on any atom is 0.236 e. The lowest BCUT2D eigenvalue weighted by Crippen LogP contribution is -2.46. The van der Waals surface area contributed by atoms with Crippen molar-refractivity contribution in [3.8, 4) is 5.75 Å². The predicted molar refractivity (Wildman–Crippen MR) is 83.3 cm³/mol. The number of fused-ring (bicyclic) bond motifs is 3. The number of nitrogens with one attached hydrogen (secondary N) is 2. The maximum atomic E-state index is 11.1. The van der Waals surface area contributed by atoms with Crippen LogP contribution in [0.15, 0.2) is 11.2 Å². The zero-order valence-corrected chi connectivity index (χ0v) is 13.1. The largest absolute Gasteiger partial charge is 0.493 e. The number of ether oxygens (including phenoxy) is 1. The highest BCUT2D eigenvalue weighted by Gasteiger charge is 2.35. The van der Waals surface area contributed by atoms with Crippen molar-refractivity contribution in [1.82, 2.24) is 5.43 Å². The second kappa shape index (κ2) is 4.91. The number of carbonyl (C=O) groups is 1. The van der Waals surface area contributed by atoms with Gasteiger partial charge < -0.3 is 10.1 Å². The lowest BCUT2D eigenvalue weighted by Gasteiger charge is -2.36. The minimum atomic E-state index is -0.351. The van der Waals surface area contributed by atoms with Gasteiger partial charge in [-0.3, -0.25) is 4.79 Å². The van der Waals surface area contributed by atoms with Crippen LogP contribution in [0.3, 0.4) is 0 Å². The van der Waals surface area contributed by atoms with Crippen LogP contribution in [0, 0.1) is 0 Å². The fraction of sp³-hybridized carbons (Fsp3) is 0.467. The minimum Gasteiger partial charge on any atom is -0.493 e. The molecule has 0 aromatic heterocycles. The number of benzene rings is 1. The predicted octanol–water partition coefficient (Wildman–Crippen LogP) is 2.51. The molecule has 0 aliphatic carbocycles. The molecule has 2 N–H and O–H groups in total. The summed E-state index contributed by atoms with van der Waals surface area (Å²) in [5, 5.41) is 8.41. The van der Waals surface area contributed by atoms with Crippen LogP contribution in [0.25, 0.3) is 0 Å². The molecule has 0 bridgehead atoms. The number of carbonyl (C=O) groups excluding carboxylic acids is 1. The quantitative estimate of drug-likeness (QED) is 0.784. The monoisotopic (exact) mass is 307 g/mol. The Hall–Kier alpha value is -1.75. The Morgan fingerprint density at radius 2 is 2.24 bits per heavy atom. The Labute approximate surface area is 128 Å². The van der Waals surface area contributed by atoms with Crippen molar-refractivity contribution in [2.45, 2.75) is 39.2 Å². The van der Waals surface area contributed by atoms with E-state index in [1.165, 1.54) is 12.5 Å². The van der Waals surface area contributed by atoms with E-state index in [1.807, 2.05) is 19.9 Å². The van der Waals surface area contributed by atoms with E-state index in [1.54, 1.807) is 0 Å². The van der Waals surface area contributed by atoms with Crippen LogP contribution >= 0.6 is 11.6 Å². The molecule has 112 valence electrons. The van der Waals surface area contributed by atoms with E-state index in [0.717, 1.165) is 29.1 Å². The van der Waals surface area contributed by atoms with Crippen LogP contribution in [0.4, 0.5) is 5.69 Å². The van der Waals surface area contributed by atoms with Gasteiger partial charge in [0.25, 0.3) is 0 Å². The summed E-state index contributed by atoms with van der Waals surface area (Å²) in [6.07, 6.45) is 1.50. The van der Waals surface area contributed by atoms with Crippen molar-refractivity contribution in [2.75, 3.05) is 11.9 Å². The zero-order valence-electron chi connectivity index (χ0n) is 12.3. The van der Waals surface area contributed by atoms with E-state index in [4.69, 9.17) is 16.3 Å². The highest BCUT2D eigenvalue weighted by Crippen LogP contribution is 2.43. The molecule has 0 saturated heterocycles. The average Bonchev–Trinajstić information content (AvgIpc) is 2.84. The van der Waals surface area contributed by atoms with Gasteiger partial charge in [0.2, 0.25) is 5.91 Å². The molecule has 6 heteroatoms. The van der Waals surface area contributed by atoms with Crippen LogP contribution in [0.1, 0.15) is 31.9 Å². The normalized spacial score (nSPS) is 20.3. The molecule has 0 fully saturated rings. The van der Waals surface area contributed by atoms with Crippen molar-refractivity contribution in [1.29, 1.82) is 0 Å². The van der Waals surface area contributed by atoms with E-state index in [0.29, 0.717) is 18.1 Å². The molecule has 2 heterocycles. The van der Waals surface area contributed by atoms with Gasteiger partial charge in [0.15, 0.2) is 0 Å². The van der Waals surface area contributed by atoms with E-state index >= 15 is 0 Å². The maximum absolute atomic E-state index is 11.1. The van der Waals surface area contributed by atoms with Crippen LogP contribution < -0.4 is 15.5 Å². The molecule has 1 aromatic carbocycles. The summed E-state index contributed by atoms with van der Waals surface area (Å²) >= 11 is 6.38. The number of rotatable bonds is 1. The summed E-state index contributed by atoms with van der Waals surface area (Å²) in [4.78, 5) is 11.1. The van der Waals surface area contributed by atoms with Crippen LogP contribution in [0.2, 0.25) is 5.02 Å². The number of halogens is 1. The van der Waals surface area contributed by atoms with E-state index in [2.05, 4.69) is 15.8 Å². The molecule has 21 heavy (non-hydrogen) atoms. The molecular weight excluding hydrogens is 290 g/mol. The summed E-state index contributed by atoms with van der Waals surface area (Å²) in [6.45, 7) is 6.22. The number of anilines is 1.